The molecule has 0 fully saturated rings. The van der Waals surface area contributed by atoms with Crippen LogP contribution in [0, 0.1) is 0 Å². The number of benzene rings is 7. The van der Waals surface area contributed by atoms with Gasteiger partial charge in [0.2, 0.25) is 0 Å². The van der Waals surface area contributed by atoms with Gasteiger partial charge in [-0.2, -0.15) is 0 Å². The van der Waals surface area contributed by atoms with Crippen LogP contribution in [0.25, 0.3) is 36.9 Å². The van der Waals surface area contributed by atoms with Crippen molar-refractivity contribution in [3.63, 3.8) is 0 Å². The van der Waals surface area contributed by atoms with Crippen molar-refractivity contribution in [2.75, 3.05) is 9.80 Å². The third-order valence-corrected chi connectivity index (χ3v) is 13.9. The van der Waals surface area contributed by atoms with Gasteiger partial charge in [-0.1, -0.05) is 129 Å². The SMILES string of the molecule is CC1(C)C2=C(CCC=C2)c2ccc(N(C3=CN=C(c4ccc(N(c5ccccc5)c5ccccc5)cc4)CC3)c3ccc(-c4cccc5c4sc4ccccc45)cc3)cc21. The van der Waals surface area contributed by atoms with E-state index in [0.717, 1.165) is 59.7 Å². The fourth-order valence-corrected chi connectivity index (χ4v) is 10.9. The molecular formula is C56H45N3S. The Kier molecular flexibility index (Phi) is 8.97. The van der Waals surface area contributed by atoms with Crippen molar-refractivity contribution < 1.29 is 0 Å². The van der Waals surface area contributed by atoms with Crippen LogP contribution >= 0.6 is 11.3 Å². The third kappa shape index (κ3) is 6.22. The number of rotatable bonds is 8. The summed E-state index contributed by atoms with van der Waals surface area (Å²) in [5.74, 6) is 0. The number of aliphatic imine (C=N–C) groups is 1. The quantitative estimate of drug-likeness (QED) is 0.153. The Morgan fingerprint density at radius 2 is 1.17 bits per heavy atom. The average molecular weight is 792 g/mol. The van der Waals surface area contributed by atoms with E-state index >= 15 is 0 Å². The predicted octanol–water partition coefficient (Wildman–Crippen LogP) is 15.8. The maximum absolute atomic E-state index is 5.21. The van der Waals surface area contributed by atoms with Gasteiger partial charge < -0.3 is 9.80 Å². The van der Waals surface area contributed by atoms with Crippen LogP contribution in [0.15, 0.2) is 204 Å². The molecule has 1 aliphatic heterocycles. The van der Waals surface area contributed by atoms with Gasteiger partial charge in [0, 0.05) is 71.6 Å². The number of para-hydroxylation sites is 2. The first kappa shape index (κ1) is 36.3. The Balaban J connectivity index is 0.957. The highest BCUT2D eigenvalue weighted by atomic mass is 32.1. The van der Waals surface area contributed by atoms with Crippen LogP contribution in [0.1, 0.15) is 56.2 Å². The second-order valence-corrected chi connectivity index (χ2v) is 17.7. The van der Waals surface area contributed by atoms with E-state index in [2.05, 4.69) is 212 Å². The standard InChI is InChI=1S/C56H45N3S/c1-56(2)51-22-11-9-18-47(51)48-34-32-44(36-52(48)56)59(43-28-24-38(25-29-43)46-20-13-21-50-49-19-10-12-23-54(49)60-55(46)50)45-33-35-53(57-37-45)39-26-30-42(31-27-39)58(40-14-5-3-6-15-40)41-16-7-4-8-17-41/h3-8,10-17,19-32,34,36-37H,9,18,33,35H2,1-2H3. The smallest absolute Gasteiger partial charge is 0.0480 e. The van der Waals surface area contributed by atoms with E-state index in [9.17, 15) is 0 Å². The van der Waals surface area contributed by atoms with Gasteiger partial charge in [-0.3, -0.25) is 4.99 Å². The number of hydrogen-bond donors (Lipinski definition) is 0. The second kappa shape index (κ2) is 14.8. The molecule has 0 saturated carbocycles. The van der Waals surface area contributed by atoms with Crippen LogP contribution in [0.5, 0.6) is 0 Å². The lowest BCUT2D eigenvalue weighted by Gasteiger charge is -2.31. The lowest BCUT2D eigenvalue weighted by Crippen LogP contribution is -2.21. The maximum Gasteiger partial charge on any atom is 0.0480 e. The van der Waals surface area contributed by atoms with E-state index in [1.807, 2.05) is 11.3 Å². The van der Waals surface area contributed by atoms with Crippen molar-refractivity contribution in [3.05, 3.63) is 216 Å². The lowest BCUT2D eigenvalue weighted by molar-refractivity contribution is 0.651. The molecule has 3 nitrogen and oxygen atoms in total. The minimum atomic E-state index is -0.0505. The maximum atomic E-state index is 5.21. The summed E-state index contributed by atoms with van der Waals surface area (Å²) in [6.07, 6.45) is 10.8. The molecule has 3 aliphatic rings. The van der Waals surface area contributed by atoms with Crippen molar-refractivity contribution in [3.8, 4) is 11.1 Å². The number of nitrogens with zero attached hydrogens (tertiary/aromatic N) is 3. The molecule has 2 aliphatic carbocycles. The fraction of sp³-hybridized carbons (Fsp3) is 0.125. The predicted molar refractivity (Wildman–Crippen MR) is 257 cm³/mol. The Morgan fingerprint density at radius 3 is 1.88 bits per heavy atom. The zero-order valence-electron chi connectivity index (χ0n) is 34.0. The van der Waals surface area contributed by atoms with E-state index in [4.69, 9.17) is 4.99 Å². The van der Waals surface area contributed by atoms with Crippen LogP contribution in [0.4, 0.5) is 28.4 Å². The highest BCUT2D eigenvalue weighted by Gasteiger charge is 2.37. The first-order valence-corrected chi connectivity index (χ1v) is 22.0. The number of anilines is 5. The summed E-state index contributed by atoms with van der Waals surface area (Å²) in [5, 5.41) is 2.65. The van der Waals surface area contributed by atoms with Crippen molar-refractivity contribution in [2.45, 2.75) is 44.9 Å². The van der Waals surface area contributed by atoms with Gasteiger partial charge >= 0.3 is 0 Å². The molecule has 290 valence electrons. The minimum absolute atomic E-state index is 0.0505. The average Bonchev–Trinajstić information content (AvgIpc) is 3.80. The van der Waals surface area contributed by atoms with Gasteiger partial charge in [-0.25, -0.2) is 0 Å². The Bertz CT molecular complexity index is 3000. The van der Waals surface area contributed by atoms with Crippen LogP contribution in [0.3, 0.4) is 0 Å². The van der Waals surface area contributed by atoms with E-state index in [-0.39, 0.29) is 5.41 Å². The van der Waals surface area contributed by atoms with Crippen LogP contribution in [0.2, 0.25) is 0 Å². The lowest BCUT2D eigenvalue weighted by atomic mass is 9.80. The number of fused-ring (bicyclic) bond motifs is 5. The molecule has 0 bridgehead atoms. The van der Waals surface area contributed by atoms with Crippen molar-refractivity contribution in [2.24, 2.45) is 4.99 Å². The minimum Gasteiger partial charge on any atom is -0.313 e. The Hall–Kier alpha value is -6.75. The number of hydrogen-bond acceptors (Lipinski definition) is 4. The second-order valence-electron chi connectivity index (χ2n) is 16.6. The normalized spacial score (nSPS) is 15.4. The molecule has 11 rings (SSSR count). The van der Waals surface area contributed by atoms with Gasteiger partial charge in [0.05, 0.1) is 0 Å². The van der Waals surface area contributed by atoms with Gasteiger partial charge in [0.15, 0.2) is 0 Å². The highest BCUT2D eigenvalue weighted by molar-refractivity contribution is 7.26. The first-order chi connectivity index (χ1) is 29.5. The van der Waals surface area contributed by atoms with Crippen molar-refractivity contribution >= 4 is 71.2 Å². The van der Waals surface area contributed by atoms with Crippen molar-refractivity contribution in [1.82, 2.24) is 0 Å². The third-order valence-electron chi connectivity index (χ3n) is 12.7. The van der Waals surface area contributed by atoms with Gasteiger partial charge in [-0.05, 0) is 131 Å². The van der Waals surface area contributed by atoms with E-state index in [1.165, 1.54) is 65.0 Å². The van der Waals surface area contributed by atoms with Crippen LogP contribution in [-0.2, 0) is 5.41 Å². The fourth-order valence-electron chi connectivity index (χ4n) is 9.69. The Labute approximate surface area is 356 Å². The molecule has 0 saturated heterocycles. The molecule has 0 atom stereocenters. The summed E-state index contributed by atoms with van der Waals surface area (Å²) in [6.45, 7) is 4.78. The highest BCUT2D eigenvalue weighted by Crippen LogP contribution is 2.52. The number of allylic oxidation sites excluding steroid dienone is 5. The van der Waals surface area contributed by atoms with Gasteiger partial charge in [0.1, 0.15) is 0 Å². The molecule has 0 spiro atoms. The molecule has 0 radical (unpaired) electrons. The summed E-state index contributed by atoms with van der Waals surface area (Å²) in [6, 6.07) is 61.9. The Morgan fingerprint density at radius 1 is 0.533 bits per heavy atom. The zero-order chi connectivity index (χ0) is 40.2. The molecule has 1 aromatic heterocycles. The molecule has 0 N–H and O–H groups in total. The molecule has 2 heterocycles. The summed E-state index contributed by atoms with van der Waals surface area (Å²) >= 11 is 1.89. The topological polar surface area (TPSA) is 18.8 Å². The zero-order valence-corrected chi connectivity index (χ0v) is 34.8. The monoisotopic (exact) mass is 791 g/mol. The number of thiophene rings is 1. The van der Waals surface area contributed by atoms with Gasteiger partial charge in [0.25, 0.3) is 0 Å². The van der Waals surface area contributed by atoms with Crippen molar-refractivity contribution in [1.29, 1.82) is 0 Å². The summed E-state index contributed by atoms with van der Waals surface area (Å²) < 4.78 is 2.67. The molecule has 7 aromatic carbocycles. The largest absolute Gasteiger partial charge is 0.313 e. The molecule has 60 heavy (non-hydrogen) atoms. The molecule has 0 amide bonds. The first-order valence-electron chi connectivity index (χ1n) is 21.1. The molecule has 8 aromatic rings. The molecule has 4 heteroatoms. The van der Waals surface area contributed by atoms with E-state index < -0.39 is 0 Å². The van der Waals surface area contributed by atoms with Crippen LogP contribution < -0.4 is 9.80 Å². The van der Waals surface area contributed by atoms with Crippen LogP contribution in [-0.4, -0.2) is 5.71 Å². The van der Waals surface area contributed by atoms with E-state index in [0.29, 0.717) is 0 Å². The molecule has 0 unspecified atom stereocenters. The summed E-state index contributed by atoms with van der Waals surface area (Å²) in [7, 11) is 0. The summed E-state index contributed by atoms with van der Waals surface area (Å²) in [5.41, 5.74) is 17.4. The molecular weight excluding hydrogens is 747 g/mol. The van der Waals surface area contributed by atoms with Gasteiger partial charge in [-0.15, -0.1) is 11.3 Å². The van der Waals surface area contributed by atoms with E-state index in [1.54, 1.807) is 0 Å². The summed E-state index contributed by atoms with van der Waals surface area (Å²) in [4.78, 5) is 9.96.